The van der Waals surface area contributed by atoms with Gasteiger partial charge in [0.05, 0.1) is 19.6 Å². The number of hydrogen-bond donors (Lipinski definition) is 1. The molecular formula is C11H17NO4. The molecule has 0 aromatic heterocycles. The molecule has 5 heteroatoms. The number of carboxylic acids is 1. The molecule has 2 fully saturated rings. The number of carboxylic acid groups (broad SMARTS) is 1. The van der Waals surface area contributed by atoms with Crippen LogP contribution in [0.2, 0.25) is 0 Å². The lowest BCUT2D eigenvalue weighted by molar-refractivity contribution is -0.140. The van der Waals surface area contributed by atoms with Gasteiger partial charge in [-0.2, -0.15) is 0 Å². The smallest absolute Gasteiger partial charge is 0.303 e. The Balaban J connectivity index is 1.84. The highest BCUT2D eigenvalue weighted by molar-refractivity contribution is 5.79. The van der Waals surface area contributed by atoms with Gasteiger partial charge < -0.3 is 14.7 Å². The van der Waals surface area contributed by atoms with Crippen molar-refractivity contribution in [2.75, 3.05) is 26.3 Å². The monoisotopic (exact) mass is 227 g/mol. The van der Waals surface area contributed by atoms with Crippen molar-refractivity contribution in [2.24, 2.45) is 5.41 Å². The number of ether oxygens (including phenoxy) is 1. The van der Waals surface area contributed by atoms with Crippen LogP contribution < -0.4 is 0 Å². The van der Waals surface area contributed by atoms with Crippen LogP contribution in [0.5, 0.6) is 0 Å². The van der Waals surface area contributed by atoms with Gasteiger partial charge in [-0.3, -0.25) is 9.59 Å². The summed E-state index contributed by atoms with van der Waals surface area (Å²) in [6.07, 6.45) is 2.26. The van der Waals surface area contributed by atoms with E-state index in [9.17, 15) is 9.59 Å². The second-order valence-corrected chi connectivity index (χ2v) is 4.74. The van der Waals surface area contributed by atoms with Crippen LogP contribution in [0.25, 0.3) is 0 Å². The number of rotatable bonds is 4. The molecule has 0 spiro atoms. The number of aliphatic carboxylic acids is 1. The Morgan fingerprint density at radius 1 is 1.19 bits per heavy atom. The van der Waals surface area contributed by atoms with Crippen molar-refractivity contribution in [3.05, 3.63) is 0 Å². The van der Waals surface area contributed by atoms with Crippen molar-refractivity contribution in [1.29, 1.82) is 0 Å². The maximum absolute atomic E-state index is 11.9. The summed E-state index contributed by atoms with van der Waals surface area (Å²) in [5, 5.41) is 8.77. The third kappa shape index (κ3) is 2.72. The standard InChI is InChI=1S/C11H17NO4/c13-9(12-3-5-16-6-4-12)7-11(1-2-11)8-10(14)15/h1-8H2,(H,14,15). The zero-order chi connectivity index (χ0) is 11.6. The van der Waals surface area contributed by atoms with Gasteiger partial charge in [0.2, 0.25) is 5.91 Å². The first-order valence-corrected chi connectivity index (χ1v) is 5.69. The van der Waals surface area contributed by atoms with Crippen LogP contribution >= 0.6 is 0 Å². The molecule has 16 heavy (non-hydrogen) atoms. The quantitative estimate of drug-likeness (QED) is 0.759. The van der Waals surface area contributed by atoms with Gasteiger partial charge in [-0.25, -0.2) is 0 Å². The van der Waals surface area contributed by atoms with Crippen molar-refractivity contribution in [2.45, 2.75) is 25.7 Å². The van der Waals surface area contributed by atoms with Gasteiger partial charge in [-0.05, 0) is 18.3 Å². The molecule has 0 unspecified atom stereocenters. The van der Waals surface area contributed by atoms with Gasteiger partial charge >= 0.3 is 5.97 Å². The molecule has 0 atom stereocenters. The largest absolute Gasteiger partial charge is 0.481 e. The van der Waals surface area contributed by atoms with Crippen molar-refractivity contribution >= 4 is 11.9 Å². The summed E-state index contributed by atoms with van der Waals surface area (Å²) < 4.78 is 5.17. The van der Waals surface area contributed by atoms with Gasteiger partial charge in [-0.1, -0.05) is 0 Å². The molecule has 2 rings (SSSR count). The number of morpholine rings is 1. The number of nitrogens with zero attached hydrogens (tertiary/aromatic N) is 1. The van der Waals surface area contributed by atoms with Crippen LogP contribution in [0.1, 0.15) is 25.7 Å². The van der Waals surface area contributed by atoms with Crippen LogP contribution in [-0.4, -0.2) is 48.2 Å². The Hall–Kier alpha value is -1.10. The third-order valence-corrected chi connectivity index (χ3v) is 3.37. The molecule has 0 bridgehead atoms. The van der Waals surface area contributed by atoms with E-state index >= 15 is 0 Å². The van der Waals surface area contributed by atoms with Gasteiger partial charge in [-0.15, -0.1) is 0 Å². The van der Waals surface area contributed by atoms with E-state index in [1.165, 1.54) is 0 Å². The van der Waals surface area contributed by atoms with Gasteiger partial charge in [0.1, 0.15) is 0 Å². The Morgan fingerprint density at radius 2 is 1.81 bits per heavy atom. The fourth-order valence-electron chi connectivity index (χ4n) is 2.16. The zero-order valence-electron chi connectivity index (χ0n) is 9.28. The van der Waals surface area contributed by atoms with Gasteiger partial charge in [0.25, 0.3) is 0 Å². The normalized spacial score (nSPS) is 22.9. The Kier molecular flexibility index (Phi) is 3.14. The number of hydrogen-bond acceptors (Lipinski definition) is 3. The highest BCUT2D eigenvalue weighted by Crippen LogP contribution is 2.52. The fourth-order valence-corrected chi connectivity index (χ4v) is 2.16. The Bertz CT molecular complexity index is 292. The average molecular weight is 227 g/mol. The summed E-state index contributed by atoms with van der Waals surface area (Å²) >= 11 is 0. The predicted molar refractivity (Wildman–Crippen MR) is 55.9 cm³/mol. The first kappa shape index (κ1) is 11.4. The van der Waals surface area contributed by atoms with Gasteiger partial charge in [0, 0.05) is 19.5 Å². The first-order chi connectivity index (χ1) is 7.61. The molecule has 1 N–H and O–H groups in total. The predicted octanol–water partition coefficient (Wildman–Crippen LogP) is 0.490. The first-order valence-electron chi connectivity index (χ1n) is 5.69. The molecule has 1 heterocycles. The van der Waals surface area contributed by atoms with E-state index in [2.05, 4.69) is 0 Å². The second-order valence-electron chi connectivity index (χ2n) is 4.74. The molecular weight excluding hydrogens is 210 g/mol. The molecule has 90 valence electrons. The lowest BCUT2D eigenvalue weighted by atomic mass is 9.97. The van der Waals surface area contributed by atoms with E-state index in [1.54, 1.807) is 4.90 Å². The molecule has 0 aromatic rings. The summed E-state index contributed by atoms with van der Waals surface area (Å²) in [5.41, 5.74) is -0.235. The minimum Gasteiger partial charge on any atom is -0.481 e. The topological polar surface area (TPSA) is 66.8 Å². The summed E-state index contributed by atoms with van der Waals surface area (Å²) in [6.45, 7) is 2.47. The summed E-state index contributed by atoms with van der Waals surface area (Å²) in [4.78, 5) is 24.4. The van der Waals surface area contributed by atoms with Crippen LogP contribution in [0.3, 0.4) is 0 Å². The second kappa shape index (κ2) is 4.41. The molecule has 2 aliphatic rings. The van der Waals surface area contributed by atoms with Crippen molar-refractivity contribution in [1.82, 2.24) is 4.90 Å². The molecule has 0 radical (unpaired) electrons. The lowest BCUT2D eigenvalue weighted by Gasteiger charge is -2.28. The van der Waals surface area contributed by atoms with E-state index in [-0.39, 0.29) is 17.7 Å². The summed E-state index contributed by atoms with van der Waals surface area (Å²) in [7, 11) is 0. The number of amides is 1. The summed E-state index contributed by atoms with van der Waals surface area (Å²) in [5.74, 6) is -0.714. The molecule has 1 aliphatic heterocycles. The fraction of sp³-hybridized carbons (Fsp3) is 0.818. The molecule has 0 aromatic carbocycles. The third-order valence-electron chi connectivity index (χ3n) is 3.37. The number of carbonyl (C=O) groups excluding carboxylic acids is 1. The van der Waals surface area contributed by atoms with Crippen molar-refractivity contribution in [3.8, 4) is 0 Å². The SMILES string of the molecule is O=C(O)CC1(CC(=O)N2CCOCC2)CC1. The molecule has 1 amide bonds. The van der Waals surface area contributed by atoms with E-state index in [0.717, 1.165) is 12.8 Å². The minimum atomic E-state index is -0.799. The zero-order valence-corrected chi connectivity index (χ0v) is 9.28. The maximum Gasteiger partial charge on any atom is 0.303 e. The van der Waals surface area contributed by atoms with Crippen molar-refractivity contribution in [3.63, 3.8) is 0 Å². The molecule has 5 nitrogen and oxygen atoms in total. The lowest BCUT2D eigenvalue weighted by Crippen LogP contribution is -2.41. The molecule has 1 saturated heterocycles. The van der Waals surface area contributed by atoms with Crippen LogP contribution in [-0.2, 0) is 14.3 Å². The van der Waals surface area contributed by atoms with E-state index in [4.69, 9.17) is 9.84 Å². The Labute approximate surface area is 94.4 Å². The number of carbonyl (C=O) groups is 2. The van der Waals surface area contributed by atoms with Crippen molar-refractivity contribution < 1.29 is 19.4 Å². The minimum absolute atomic E-state index is 0.0852. The molecule has 1 aliphatic carbocycles. The van der Waals surface area contributed by atoms with E-state index in [1.807, 2.05) is 0 Å². The average Bonchev–Trinajstić information content (AvgIpc) is 2.98. The van der Waals surface area contributed by atoms with E-state index in [0.29, 0.717) is 32.7 Å². The summed E-state index contributed by atoms with van der Waals surface area (Å²) in [6, 6.07) is 0. The highest BCUT2D eigenvalue weighted by Gasteiger charge is 2.46. The maximum atomic E-state index is 11.9. The van der Waals surface area contributed by atoms with Crippen LogP contribution in [0.15, 0.2) is 0 Å². The van der Waals surface area contributed by atoms with Gasteiger partial charge in [0.15, 0.2) is 0 Å². The van der Waals surface area contributed by atoms with E-state index < -0.39 is 5.97 Å². The van der Waals surface area contributed by atoms with Crippen LogP contribution in [0.4, 0.5) is 0 Å². The Morgan fingerprint density at radius 3 is 2.31 bits per heavy atom. The molecule has 1 saturated carbocycles. The van der Waals surface area contributed by atoms with Crippen LogP contribution in [0, 0.1) is 5.41 Å². The highest BCUT2D eigenvalue weighted by atomic mass is 16.5.